The lowest BCUT2D eigenvalue weighted by Crippen LogP contribution is -2.21. The second-order valence-corrected chi connectivity index (χ2v) is 5.45. The summed E-state index contributed by atoms with van der Waals surface area (Å²) in [5, 5.41) is 17.3. The molecule has 0 aliphatic rings. The molecule has 0 unspecified atom stereocenters. The van der Waals surface area contributed by atoms with Crippen molar-refractivity contribution in [3.63, 3.8) is 0 Å². The number of nitrogens with one attached hydrogen (secondary N) is 1. The van der Waals surface area contributed by atoms with Crippen LogP contribution < -0.4 is 10.2 Å². The molecule has 2 heterocycles. The van der Waals surface area contributed by atoms with E-state index in [0.717, 1.165) is 29.2 Å². The SMILES string of the molecule is CCc1nn(C)c(Cl)c1CNc1ccc(N(C)CCO)cn1. The minimum Gasteiger partial charge on any atom is -0.395 e. The minimum atomic E-state index is 0.121. The number of halogens is 1. The Morgan fingerprint density at radius 3 is 2.77 bits per heavy atom. The molecular formula is C15H22ClN5O. The topological polar surface area (TPSA) is 66.2 Å². The van der Waals surface area contributed by atoms with Gasteiger partial charge in [-0.25, -0.2) is 4.98 Å². The van der Waals surface area contributed by atoms with Crippen LogP contribution in [0.3, 0.4) is 0 Å². The number of anilines is 2. The van der Waals surface area contributed by atoms with E-state index in [0.29, 0.717) is 18.2 Å². The van der Waals surface area contributed by atoms with Crippen molar-refractivity contribution in [3.8, 4) is 0 Å². The van der Waals surface area contributed by atoms with E-state index < -0.39 is 0 Å². The van der Waals surface area contributed by atoms with Gasteiger partial charge in [0, 0.05) is 32.7 Å². The Labute approximate surface area is 135 Å². The molecular weight excluding hydrogens is 302 g/mol. The molecule has 0 aliphatic heterocycles. The van der Waals surface area contributed by atoms with Crippen molar-refractivity contribution in [1.29, 1.82) is 0 Å². The molecule has 0 saturated carbocycles. The Bertz CT molecular complexity index is 611. The van der Waals surface area contributed by atoms with E-state index >= 15 is 0 Å². The van der Waals surface area contributed by atoms with Crippen LogP contribution in [0, 0.1) is 0 Å². The van der Waals surface area contributed by atoms with Crippen molar-refractivity contribution >= 4 is 23.1 Å². The summed E-state index contributed by atoms with van der Waals surface area (Å²) in [6, 6.07) is 3.88. The van der Waals surface area contributed by atoms with Gasteiger partial charge in [0.15, 0.2) is 0 Å². The lowest BCUT2D eigenvalue weighted by Gasteiger charge is -2.17. The van der Waals surface area contributed by atoms with Crippen LogP contribution in [0.25, 0.3) is 0 Å². The highest BCUT2D eigenvalue weighted by atomic mass is 35.5. The van der Waals surface area contributed by atoms with Crippen LogP contribution in [0.15, 0.2) is 18.3 Å². The molecule has 2 N–H and O–H groups in total. The minimum absolute atomic E-state index is 0.121. The van der Waals surface area contributed by atoms with Crippen LogP contribution in [0.4, 0.5) is 11.5 Å². The molecule has 7 heteroatoms. The number of hydrogen-bond donors (Lipinski definition) is 2. The molecule has 0 saturated heterocycles. The van der Waals surface area contributed by atoms with E-state index in [9.17, 15) is 0 Å². The third-order valence-corrected chi connectivity index (χ3v) is 4.03. The smallest absolute Gasteiger partial charge is 0.131 e. The summed E-state index contributed by atoms with van der Waals surface area (Å²) in [5.74, 6) is 0.781. The van der Waals surface area contributed by atoms with Crippen LogP contribution >= 0.6 is 11.6 Å². The molecule has 22 heavy (non-hydrogen) atoms. The van der Waals surface area contributed by atoms with Crippen molar-refractivity contribution in [2.75, 3.05) is 30.4 Å². The van der Waals surface area contributed by atoms with E-state index in [1.165, 1.54) is 0 Å². The number of rotatable bonds is 7. The van der Waals surface area contributed by atoms with E-state index in [2.05, 4.69) is 22.3 Å². The van der Waals surface area contributed by atoms with E-state index in [4.69, 9.17) is 16.7 Å². The Morgan fingerprint density at radius 1 is 1.41 bits per heavy atom. The van der Waals surface area contributed by atoms with Crippen molar-refractivity contribution in [2.24, 2.45) is 7.05 Å². The number of hydrogen-bond acceptors (Lipinski definition) is 5. The maximum atomic E-state index is 8.95. The predicted molar refractivity (Wildman–Crippen MR) is 89.5 cm³/mol. The molecule has 0 aromatic carbocycles. The van der Waals surface area contributed by atoms with E-state index in [1.807, 2.05) is 31.1 Å². The molecule has 0 aliphatic carbocycles. The molecule has 6 nitrogen and oxygen atoms in total. The molecule has 0 spiro atoms. The third-order valence-electron chi connectivity index (χ3n) is 3.56. The van der Waals surface area contributed by atoms with Crippen molar-refractivity contribution < 1.29 is 5.11 Å². The number of aliphatic hydroxyl groups excluding tert-OH is 1. The molecule has 0 radical (unpaired) electrons. The van der Waals surface area contributed by atoms with Gasteiger partial charge < -0.3 is 15.3 Å². The number of nitrogens with zero attached hydrogens (tertiary/aromatic N) is 4. The van der Waals surface area contributed by atoms with Crippen LogP contribution in [-0.2, 0) is 20.0 Å². The highest BCUT2D eigenvalue weighted by molar-refractivity contribution is 6.30. The fourth-order valence-corrected chi connectivity index (χ4v) is 2.45. The Morgan fingerprint density at radius 2 is 2.18 bits per heavy atom. The van der Waals surface area contributed by atoms with Crippen molar-refractivity contribution in [1.82, 2.24) is 14.8 Å². The first-order chi connectivity index (χ1) is 10.6. The van der Waals surface area contributed by atoms with Gasteiger partial charge in [0.1, 0.15) is 11.0 Å². The fraction of sp³-hybridized carbons (Fsp3) is 0.467. The van der Waals surface area contributed by atoms with Crippen LogP contribution in [0.5, 0.6) is 0 Å². The van der Waals surface area contributed by atoms with Gasteiger partial charge in [0.05, 0.1) is 24.2 Å². The highest BCUT2D eigenvalue weighted by Gasteiger charge is 2.13. The van der Waals surface area contributed by atoms with Crippen LogP contribution in [-0.4, -0.2) is 40.1 Å². The van der Waals surface area contributed by atoms with Gasteiger partial charge in [0.2, 0.25) is 0 Å². The number of aryl methyl sites for hydroxylation is 2. The third kappa shape index (κ3) is 3.69. The predicted octanol–water partition coefficient (Wildman–Crippen LogP) is 2.07. The summed E-state index contributed by atoms with van der Waals surface area (Å²) in [4.78, 5) is 6.33. The van der Waals surface area contributed by atoms with Gasteiger partial charge >= 0.3 is 0 Å². The maximum absolute atomic E-state index is 8.95. The monoisotopic (exact) mass is 323 g/mol. The molecule has 120 valence electrons. The second kappa shape index (κ2) is 7.47. The van der Waals surface area contributed by atoms with Crippen LogP contribution in [0.1, 0.15) is 18.2 Å². The number of likely N-dealkylation sites (N-methyl/N-ethyl adjacent to an activating group) is 1. The largest absolute Gasteiger partial charge is 0.395 e. The summed E-state index contributed by atoms with van der Waals surface area (Å²) in [6.07, 6.45) is 2.62. The molecule has 2 aromatic heterocycles. The zero-order valence-corrected chi connectivity index (χ0v) is 13.9. The summed E-state index contributed by atoms with van der Waals surface area (Å²) >= 11 is 6.27. The Kier molecular flexibility index (Phi) is 5.63. The summed E-state index contributed by atoms with van der Waals surface area (Å²) < 4.78 is 1.69. The zero-order valence-electron chi connectivity index (χ0n) is 13.2. The van der Waals surface area contributed by atoms with Gasteiger partial charge in [-0.15, -0.1) is 0 Å². The fourth-order valence-electron chi connectivity index (χ4n) is 2.23. The number of aliphatic hydroxyl groups is 1. The average molecular weight is 324 g/mol. The molecule has 2 rings (SSSR count). The summed E-state index contributed by atoms with van der Waals surface area (Å²) in [5.41, 5.74) is 2.97. The van der Waals surface area contributed by atoms with Gasteiger partial charge in [-0.1, -0.05) is 18.5 Å². The van der Waals surface area contributed by atoms with Crippen LogP contribution in [0.2, 0.25) is 5.15 Å². The summed E-state index contributed by atoms with van der Waals surface area (Å²) in [7, 11) is 3.76. The highest BCUT2D eigenvalue weighted by Crippen LogP contribution is 2.21. The zero-order chi connectivity index (χ0) is 16.1. The normalized spacial score (nSPS) is 10.8. The molecule has 0 fully saturated rings. The lowest BCUT2D eigenvalue weighted by molar-refractivity contribution is 0.304. The maximum Gasteiger partial charge on any atom is 0.131 e. The number of pyridine rings is 1. The van der Waals surface area contributed by atoms with Gasteiger partial charge in [-0.05, 0) is 18.6 Å². The van der Waals surface area contributed by atoms with Crippen molar-refractivity contribution in [3.05, 3.63) is 34.7 Å². The Balaban J connectivity index is 2.03. The standard InChI is InChI=1S/C15H22ClN5O/c1-4-13-12(15(16)21(3)19-13)10-18-14-6-5-11(9-17-14)20(2)7-8-22/h5-6,9,22H,4,7-8,10H2,1-3H3,(H,17,18). The first kappa shape index (κ1) is 16.6. The van der Waals surface area contributed by atoms with Gasteiger partial charge in [0.25, 0.3) is 0 Å². The second-order valence-electron chi connectivity index (χ2n) is 5.09. The quantitative estimate of drug-likeness (QED) is 0.816. The first-order valence-electron chi connectivity index (χ1n) is 7.29. The molecule has 0 atom stereocenters. The molecule has 2 aromatic rings. The van der Waals surface area contributed by atoms with E-state index in [1.54, 1.807) is 10.9 Å². The van der Waals surface area contributed by atoms with Gasteiger partial charge in [-0.2, -0.15) is 5.10 Å². The van der Waals surface area contributed by atoms with Gasteiger partial charge in [-0.3, -0.25) is 4.68 Å². The summed E-state index contributed by atoms with van der Waals surface area (Å²) in [6.45, 7) is 3.36. The first-order valence-corrected chi connectivity index (χ1v) is 7.66. The number of aromatic nitrogens is 3. The van der Waals surface area contributed by atoms with Crippen molar-refractivity contribution in [2.45, 2.75) is 19.9 Å². The average Bonchev–Trinajstić information content (AvgIpc) is 2.80. The Hall–Kier alpha value is -1.79. The molecule has 0 amide bonds. The lowest BCUT2D eigenvalue weighted by atomic mass is 10.2. The van der Waals surface area contributed by atoms with E-state index in [-0.39, 0.29) is 6.61 Å². The molecule has 0 bridgehead atoms.